The highest BCUT2D eigenvalue weighted by Gasteiger charge is 2.44. The van der Waals surface area contributed by atoms with Crippen LogP contribution in [0.15, 0.2) is 48.1 Å². The first-order chi connectivity index (χ1) is 12.3. The Morgan fingerprint density at radius 3 is 2.54 bits per heavy atom. The van der Waals surface area contributed by atoms with Crippen LogP contribution in [0.5, 0.6) is 0 Å². The summed E-state index contributed by atoms with van der Waals surface area (Å²) in [4.78, 5) is 0. The van der Waals surface area contributed by atoms with E-state index in [4.69, 9.17) is 0 Å². The van der Waals surface area contributed by atoms with Crippen LogP contribution in [0.2, 0.25) is 0 Å². The molecule has 1 atom stereocenters. The van der Waals surface area contributed by atoms with Crippen molar-refractivity contribution in [1.29, 1.82) is 0 Å². The van der Waals surface area contributed by atoms with Crippen LogP contribution in [0, 0.1) is 23.6 Å². The molecule has 26 heavy (non-hydrogen) atoms. The van der Waals surface area contributed by atoms with Gasteiger partial charge in [0.15, 0.2) is 0 Å². The number of rotatable bonds is 7. The smallest absolute Gasteiger partial charge is 0.138 e. The minimum absolute atomic E-state index is 0.00967. The molecular weight excluding hydrogens is 321 g/mol. The molecule has 0 saturated heterocycles. The summed E-state index contributed by atoms with van der Waals surface area (Å²) in [5, 5.41) is 3.58. The van der Waals surface area contributed by atoms with Crippen molar-refractivity contribution in [2.75, 3.05) is 7.05 Å². The van der Waals surface area contributed by atoms with Gasteiger partial charge in [-0.15, -0.1) is 12.5 Å². The predicted octanol–water partition coefficient (Wildman–Crippen LogP) is 5.88. The van der Waals surface area contributed by atoms with E-state index in [0.717, 1.165) is 17.6 Å². The lowest BCUT2D eigenvalue weighted by Gasteiger charge is -2.35. The van der Waals surface area contributed by atoms with E-state index in [9.17, 15) is 4.39 Å². The Kier molecular flexibility index (Phi) is 6.62. The topological polar surface area (TPSA) is 12.0 Å². The molecule has 0 radical (unpaired) electrons. The van der Waals surface area contributed by atoms with Crippen LogP contribution in [0.4, 0.5) is 4.39 Å². The maximum Gasteiger partial charge on any atom is 0.138 e. The largest absolute Gasteiger partial charge is 0.310 e. The number of halogens is 1. The van der Waals surface area contributed by atoms with E-state index in [1.165, 1.54) is 30.1 Å². The van der Waals surface area contributed by atoms with E-state index in [-0.39, 0.29) is 11.4 Å². The van der Waals surface area contributed by atoms with Crippen LogP contribution >= 0.6 is 0 Å². The molecule has 0 spiro atoms. The van der Waals surface area contributed by atoms with Crippen LogP contribution in [0.25, 0.3) is 5.57 Å². The standard InChI is InChI=1S/C24H30FN/c1-7-8-21-15-20(11-14-23(21)25)18(4)9-10-19(5)24(26-6,16-17(2)3)22-12-13-22/h9-11,14-15,22,26H,2,12-13,16H2,1,3-6H3/b18-9+,19-10+. The summed E-state index contributed by atoms with van der Waals surface area (Å²) in [6.45, 7) is 12.2. The molecule has 1 nitrogen and oxygen atoms in total. The zero-order chi connectivity index (χ0) is 19.3. The molecule has 1 saturated carbocycles. The summed E-state index contributed by atoms with van der Waals surface area (Å²) in [6, 6.07) is 5.12. The number of benzene rings is 1. The molecule has 1 aromatic rings. The van der Waals surface area contributed by atoms with Gasteiger partial charge in [-0.3, -0.25) is 0 Å². The number of likely N-dealkylation sites (N-methyl/N-ethyl adjacent to an activating group) is 1. The Balaban J connectivity index is 2.33. The highest BCUT2D eigenvalue weighted by Crippen LogP contribution is 2.46. The third-order valence-corrected chi connectivity index (χ3v) is 5.27. The van der Waals surface area contributed by atoms with Gasteiger partial charge in [0.1, 0.15) is 5.82 Å². The van der Waals surface area contributed by atoms with Crippen molar-refractivity contribution >= 4 is 5.57 Å². The summed E-state index contributed by atoms with van der Waals surface area (Å²) in [5.41, 5.74) is 5.05. The van der Waals surface area contributed by atoms with Gasteiger partial charge >= 0.3 is 0 Å². The third kappa shape index (κ3) is 4.54. The van der Waals surface area contributed by atoms with Gasteiger partial charge in [-0.05, 0) is 83.2 Å². The predicted molar refractivity (Wildman–Crippen MR) is 110 cm³/mol. The Morgan fingerprint density at radius 1 is 1.31 bits per heavy atom. The monoisotopic (exact) mass is 351 g/mol. The number of hydrogen-bond acceptors (Lipinski definition) is 1. The van der Waals surface area contributed by atoms with E-state index in [1.807, 2.05) is 19.2 Å². The molecule has 0 amide bonds. The summed E-state index contributed by atoms with van der Waals surface area (Å²) in [6.07, 6.45) is 7.80. The molecular formula is C24H30FN. The summed E-state index contributed by atoms with van der Waals surface area (Å²) >= 11 is 0. The molecule has 1 aliphatic carbocycles. The van der Waals surface area contributed by atoms with Crippen molar-refractivity contribution in [3.63, 3.8) is 0 Å². The Bertz CT molecular complexity index is 799. The molecule has 0 aliphatic heterocycles. The Labute approximate surface area is 158 Å². The summed E-state index contributed by atoms with van der Waals surface area (Å²) in [5.74, 6) is 6.00. The first-order valence-corrected chi connectivity index (χ1v) is 9.25. The average molecular weight is 352 g/mol. The molecule has 2 rings (SSSR count). The maximum absolute atomic E-state index is 13.8. The maximum atomic E-state index is 13.8. The second-order valence-corrected chi connectivity index (χ2v) is 7.40. The quantitative estimate of drug-likeness (QED) is 0.367. The molecule has 1 aliphatic rings. The second kappa shape index (κ2) is 8.52. The van der Waals surface area contributed by atoms with Crippen molar-refractivity contribution in [2.45, 2.75) is 52.5 Å². The van der Waals surface area contributed by atoms with Gasteiger partial charge in [0.2, 0.25) is 0 Å². The van der Waals surface area contributed by atoms with E-state index >= 15 is 0 Å². The highest BCUT2D eigenvalue weighted by molar-refractivity contribution is 5.67. The Morgan fingerprint density at radius 2 is 2.00 bits per heavy atom. The van der Waals surface area contributed by atoms with Gasteiger partial charge in [-0.1, -0.05) is 35.3 Å². The van der Waals surface area contributed by atoms with Crippen LogP contribution in [0.1, 0.15) is 58.1 Å². The first kappa shape index (κ1) is 20.2. The van der Waals surface area contributed by atoms with Gasteiger partial charge in [-0.25, -0.2) is 4.39 Å². The molecule has 1 fully saturated rings. The van der Waals surface area contributed by atoms with Crippen LogP contribution in [0.3, 0.4) is 0 Å². The van der Waals surface area contributed by atoms with Gasteiger partial charge < -0.3 is 5.32 Å². The fourth-order valence-electron chi connectivity index (χ4n) is 3.64. The first-order valence-electron chi connectivity index (χ1n) is 9.25. The van der Waals surface area contributed by atoms with Crippen LogP contribution < -0.4 is 5.32 Å². The van der Waals surface area contributed by atoms with Crippen LogP contribution in [-0.2, 0) is 0 Å². The van der Waals surface area contributed by atoms with E-state index in [0.29, 0.717) is 11.5 Å². The van der Waals surface area contributed by atoms with Crippen molar-refractivity contribution in [3.8, 4) is 11.8 Å². The van der Waals surface area contributed by atoms with Gasteiger partial charge in [0.25, 0.3) is 0 Å². The molecule has 1 aromatic carbocycles. The van der Waals surface area contributed by atoms with Gasteiger partial charge in [-0.2, -0.15) is 0 Å². The van der Waals surface area contributed by atoms with E-state index < -0.39 is 0 Å². The summed E-state index contributed by atoms with van der Waals surface area (Å²) in [7, 11) is 2.05. The van der Waals surface area contributed by atoms with Crippen molar-refractivity contribution in [1.82, 2.24) is 5.32 Å². The lowest BCUT2D eigenvalue weighted by atomic mass is 9.80. The molecule has 138 valence electrons. The summed E-state index contributed by atoms with van der Waals surface area (Å²) < 4.78 is 13.8. The second-order valence-electron chi connectivity index (χ2n) is 7.40. The average Bonchev–Trinajstić information content (AvgIpc) is 3.44. The fourth-order valence-corrected chi connectivity index (χ4v) is 3.64. The minimum Gasteiger partial charge on any atom is -0.310 e. The lowest BCUT2D eigenvalue weighted by Crippen LogP contribution is -2.46. The zero-order valence-corrected chi connectivity index (χ0v) is 16.7. The van der Waals surface area contributed by atoms with E-state index in [1.54, 1.807) is 6.92 Å². The molecule has 1 unspecified atom stereocenters. The van der Waals surface area contributed by atoms with Crippen molar-refractivity contribution < 1.29 is 4.39 Å². The molecule has 0 heterocycles. The van der Waals surface area contributed by atoms with Crippen LogP contribution in [-0.4, -0.2) is 12.6 Å². The number of allylic oxidation sites excluding steroid dienone is 3. The van der Waals surface area contributed by atoms with Gasteiger partial charge in [0.05, 0.1) is 5.56 Å². The minimum atomic E-state index is -0.271. The molecule has 0 aromatic heterocycles. The Hall–Kier alpha value is -2.11. The normalized spacial score (nSPS) is 17.3. The molecule has 2 heteroatoms. The third-order valence-electron chi connectivity index (χ3n) is 5.27. The number of nitrogens with one attached hydrogen (secondary N) is 1. The highest BCUT2D eigenvalue weighted by atomic mass is 19.1. The SMILES string of the molecule is C=C(C)CC(NC)(/C(C)=C/C=C(\C)c1ccc(F)c(C#CC)c1)C1CC1. The van der Waals surface area contributed by atoms with Crippen molar-refractivity contribution in [2.24, 2.45) is 5.92 Å². The number of hydrogen-bond donors (Lipinski definition) is 1. The zero-order valence-electron chi connectivity index (χ0n) is 16.7. The van der Waals surface area contributed by atoms with Crippen molar-refractivity contribution in [3.05, 3.63) is 65.0 Å². The lowest BCUT2D eigenvalue weighted by molar-refractivity contribution is 0.357. The molecule has 1 N–H and O–H groups in total. The molecule has 0 bridgehead atoms. The van der Waals surface area contributed by atoms with Gasteiger partial charge in [0, 0.05) is 5.54 Å². The fraction of sp³-hybridized carbons (Fsp3) is 0.417. The van der Waals surface area contributed by atoms with E-state index in [2.05, 4.69) is 56.7 Å².